The first-order valence-corrected chi connectivity index (χ1v) is 8.80. The van der Waals surface area contributed by atoms with Crippen LogP contribution in [0.25, 0.3) is 0 Å². The van der Waals surface area contributed by atoms with Crippen molar-refractivity contribution in [1.29, 1.82) is 0 Å². The van der Waals surface area contributed by atoms with Crippen LogP contribution < -0.4 is 5.43 Å². The molecular weight excluding hydrogens is 276 g/mol. The summed E-state index contributed by atoms with van der Waals surface area (Å²) in [5.74, 6) is 0.627. The first-order chi connectivity index (χ1) is 10.6. The van der Waals surface area contributed by atoms with Gasteiger partial charge >= 0.3 is 0 Å². The average molecular weight is 304 g/mol. The Morgan fingerprint density at radius 2 is 1.95 bits per heavy atom. The minimum atomic E-state index is -0.243. The zero-order chi connectivity index (χ0) is 15.5. The van der Waals surface area contributed by atoms with Crippen molar-refractivity contribution in [3.05, 3.63) is 28.2 Å². The molecule has 1 aliphatic heterocycles. The van der Waals surface area contributed by atoms with E-state index in [1.54, 1.807) is 12.3 Å². The van der Waals surface area contributed by atoms with Gasteiger partial charge in [-0.05, 0) is 38.1 Å². The molecule has 2 aliphatic rings. The van der Waals surface area contributed by atoms with E-state index in [9.17, 15) is 9.90 Å². The van der Waals surface area contributed by atoms with E-state index in [1.807, 2.05) is 0 Å². The molecule has 22 heavy (non-hydrogen) atoms. The van der Waals surface area contributed by atoms with Crippen LogP contribution in [0.5, 0.6) is 5.75 Å². The number of hydrogen-bond acceptors (Lipinski definition) is 3. The van der Waals surface area contributed by atoms with E-state index in [-0.39, 0.29) is 11.2 Å². The van der Waals surface area contributed by atoms with E-state index < -0.39 is 0 Å². The molecule has 1 aromatic rings. The van der Waals surface area contributed by atoms with Gasteiger partial charge in [0.15, 0.2) is 5.75 Å². The molecule has 122 valence electrons. The smallest absolute Gasteiger partial charge is 0.223 e. The highest BCUT2D eigenvalue weighted by Gasteiger charge is 2.21. The van der Waals surface area contributed by atoms with Crippen molar-refractivity contribution in [1.82, 2.24) is 9.47 Å². The Balaban J connectivity index is 1.84. The Morgan fingerprint density at radius 1 is 1.18 bits per heavy atom. The summed E-state index contributed by atoms with van der Waals surface area (Å²) in [6.45, 7) is 5.36. The van der Waals surface area contributed by atoms with Gasteiger partial charge in [-0.15, -0.1) is 0 Å². The molecule has 0 bridgehead atoms. The molecule has 1 atom stereocenters. The lowest BCUT2D eigenvalue weighted by Gasteiger charge is -2.33. The van der Waals surface area contributed by atoms with E-state index in [0.717, 1.165) is 44.1 Å². The molecule has 0 aromatic carbocycles. The minimum absolute atomic E-state index is 0.110. The zero-order valence-electron chi connectivity index (χ0n) is 13.6. The fraction of sp³-hybridized carbons (Fsp3) is 0.722. The molecule has 1 aliphatic carbocycles. The van der Waals surface area contributed by atoms with Crippen molar-refractivity contribution in [2.24, 2.45) is 5.92 Å². The lowest BCUT2D eigenvalue weighted by Crippen LogP contribution is -2.35. The van der Waals surface area contributed by atoms with Gasteiger partial charge in [-0.3, -0.25) is 9.69 Å². The van der Waals surface area contributed by atoms with Gasteiger partial charge in [0.05, 0.1) is 6.20 Å². The van der Waals surface area contributed by atoms with Gasteiger partial charge in [-0.25, -0.2) is 0 Å². The fourth-order valence-corrected chi connectivity index (χ4v) is 4.06. The summed E-state index contributed by atoms with van der Waals surface area (Å²) < 4.78 is 2.19. The summed E-state index contributed by atoms with van der Waals surface area (Å²) >= 11 is 0. The van der Waals surface area contributed by atoms with Crippen LogP contribution in [0.1, 0.15) is 63.6 Å². The van der Waals surface area contributed by atoms with Gasteiger partial charge in [-0.1, -0.05) is 26.2 Å². The Labute approximate surface area is 132 Å². The van der Waals surface area contributed by atoms with Gasteiger partial charge < -0.3 is 9.67 Å². The molecule has 2 heterocycles. The van der Waals surface area contributed by atoms with E-state index >= 15 is 0 Å². The molecule has 1 aromatic heterocycles. The van der Waals surface area contributed by atoms with Crippen molar-refractivity contribution in [2.45, 2.75) is 64.5 Å². The molecule has 1 saturated heterocycles. The van der Waals surface area contributed by atoms with Crippen LogP contribution in [0.3, 0.4) is 0 Å². The number of aromatic nitrogens is 1. The Kier molecular flexibility index (Phi) is 4.87. The van der Waals surface area contributed by atoms with Crippen LogP contribution in [0, 0.1) is 5.92 Å². The molecule has 4 heteroatoms. The summed E-state index contributed by atoms with van der Waals surface area (Å²) in [6, 6.07) is 2.10. The molecule has 0 spiro atoms. The summed E-state index contributed by atoms with van der Waals surface area (Å²) in [6.07, 6.45) is 10.4. The van der Waals surface area contributed by atoms with Gasteiger partial charge in [0.25, 0.3) is 0 Å². The zero-order valence-corrected chi connectivity index (χ0v) is 13.6. The maximum atomic E-state index is 11.9. The minimum Gasteiger partial charge on any atom is -0.503 e. The third-order valence-electron chi connectivity index (χ3n) is 5.24. The second kappa shape index (κ2) is 6.86. The predicted molar refractivity (Wildman–Crippen MR) is 88.2 cm³/mol. The Bertz CT molecular complexity index is 561. The maximum absolute atomic E-state index is 11.9. The molecule has 3 rings (SSSR count). The topological polar surface area (TPSA) is 45.5 Å². The number of hydrogen-bond donors (Lipinski definition) is 1. The molecule has 4 nitrogen and oxygen atoms in total. The molecule has 1 unspecified atom stereocenters. The second-order valence-electron chi connectivity index (χ2n) is 7.20. The summed E-state index contributed by atoms with van der Waals surface area (Å²) in [7, 11) is 0. The van der Waals surface area contributed by atoms with Crippen molar-refractivity contribution >= 4 is 0 Å². The summed E-state index contributed by atoms with van der Waals surface area (Å²) in [5, 5.41) is 9.86. The number of likely N-dealkylation sites (tertiary alicyclic amines) is 1. The number of pyridine rings is 1. The highest BCUT2D eigenvalue weighted by atomic mass is 16.3. The largest absolute Gasteiger partial charge is 0.503 e. The van der Waals surface area contributed by atoms with Crippen LogP contribution in [-0.4, -0.2) is 27.7 Å². The fourth-order valence-electron chi connectivity index (χ4n) is 4.06. The van der Waals surface area contributed by atoms with Crippen LogP contribution >= 0.6 is 0 Å². The molecular formula is C18H28N2O2. The third-order valence-corrected chi connectivity index (χ3v) is 5.24. The molecule has 1 saturated carbocycles. The first-order valence-electron chi connectivity index (χ1n) is 8.80. The van der Waals surface area contributed by atoms with Crippen LogP contribution in [0.15, 0.2) is 17.1 Å². The van der Waals surface area contributed by atoms with Crippen molar-refractivity contribution in [2.75, 3.05) is 13.1 Å². The van der Waals surface area contributed by atoms with E-state index in [0.29, 0.717) is 6.04 Å². The standard InChI is InChI=1S/C18H28N2O2/c1-14-6-5-9-19(11-14)12-16-10-17(21)18(22)13-20(16)15-7-3-2-4-8-15/h10,13-15,22H,2-9,11-12H2,1H3. The predicted octanol–water partition coefficient (Wildman–Crippen LogP) is 3.29. The lowest BCUT2D eigenvalue weighted by molar-refractivity contribution is 0.170. The monoisotopic (exact) mass is 304 g/mol. The second-order valence-corrected chi connectivity index (χ2v) is 7.20. The number of rotatable bonds is 3. The highest BCUT2D eigenvalue weighted by Crippen LogP contribution is 2.30. The molecule has 0 amide bonds. The van der Waals surface area contributed by atoms with Gasteiger partial charge in [0.2, 0.25) is 5.43 Å². The van der Waals surface area contributed by atoms with Crippen LogP contribution in [-0.2, 0) is 6.54 Å². The third kappa shape index (κ3) is 3.54. The van der Waals surface area contributed by atoms with Crippen molar-refractivity contribution < 1.29 is 5.11 Å². The average Bonchev–Trinajstić information content (AvgIpc) is 2.51. The lowest BCUT2D eigenvalue weighted by atomic mass is 9.94. The normalized spacial score (nSPS) is 24.5. The highest BCUT2D eigenvalue weighted by molar-refractivity contribution is 5.21. The maximum Gasteiger partial charge on any atom is 0.223 e. The van der Waals surface area contributed by atoms with Crippen molar-refractivity contribution in [3.8, 4) is 5.75 Å². The van der Waals surface area contributed by atoms with Gasteiger partial charge in [-0.2, -0.15) is 0 Å². The Hall–Kier alpha value is -1.29. The molecule has 2 fully saturated rings. The van der Waals surface area contributed by atoms with E-state index in [4.69, 9.17) is 0 Å². The molecule has 0 radical (unpaired) electrons. The molecule has 1 N–H and O–H groups in total. The SMILES string of the molecule is CC1CCCN(Cc2cc(=O)c(O)cn2C2CCCCC2)C1. The van der Waals surface area contributed by atoms with Crippen molar-refractivity contribution in [3.63, 3.8) is 0 Å². The van der Waals surface area contributed by atoms with E-state index in [2.05, 4.69) is 16.4 Å². The van der Waals surface area contributed by atoms with Crippen LogP contribution in [0.2, 0.25) is 0 Å². The van der Waals surface area contributed by atoms with E-state index in [1.165, 1.54) is 32.1 Å². The summed E-state index contributed by atoms with van der Waals surface area (Å²) in [4.78, 5) is 14.4. The number of nitrogens with zero attached hydrogens (tertiary/aromatic N) is 2. The number of piperidine rings is 1. The quantitative estimate of drug-likeness (QED) is 0.932. The summed E-state index contributed by atoms with van der Waals surface area (Å²) in [5.41, 5.74) is 0.830. The van der Waals surface area contributed by atoms with Crippen LogP contribution in [0.4, 0.5) is 0 Å². The first kappa shape index (κ1) is 15.6. The number of aromatic hydroxyl groups is 1. The van der Waals surface area contributed by atoms with Gasteiger partial charge in [0, 0.05) is 30.9 Å². The van der Waals surface area contributed by atoms with Gasteiger partial charge in [0.1, 0.15) is 0 Å². The Morgan fingerprint density at radius 3 is 2.68 bits per heavy atom.